The first-order valence-electron chi connectivity index (χ1n) is 7.14. The van der Waals surface area contributed by atoms with Crippen molar-refractivity contribution in [3.05, 3.63) is 50.9 Å². The van der Waals surface area contributed by atoms with Crippen molar-refractivity contribution in [1.29, 1.82) is 0 Å². The number of hydrogen-bond donors (Lipinski definition) is 4. The Kier molecular flexibility index (Phi) is 6.07. The van der Waals surface area contributed by atoms with Crippen LogP contribution in [0.3, 0.4) is 0 Å². The predicted octanol–water partition coefficient (Wildman–Crippen LogP) is -0.369. The summed E-state index contributed by atoms with van der Waals surface area (Å²) in [6, 6.07) is 7.33. The number of rotatable bonds is 6. The van der Waals surface area contributed by atoms with Gasteiger partial charge >= 0.3 is 5.97 Å². The molecule has 2 amide bonds. The average molecular weight is 425 g/mol. The van der Waals surface area contributed by atoms with E-state index in [9.17, 15) is 24.3 Å². The third kappa shape index (κ3) is 4.89. The summed E-state index contributed by atoms with van der Waals surface area (Å²) in [6.45, 7) is -1.11. The number of aromatic nitrogens is 2. The summed E-state index contributed by atoms with van der Waals surface area (Å²) >= 11 is 3.25. The van der Waals surface area contributed by atoms with Gasteiger partial charge < -0.3 is 20.8 Å². The first-order valence-corrected chi connectivity index (χ1v) is 7.93. The van der Waals surface area contributed by atoms with Crippen molar-refractivity contribution >= 4 is 33.7 Å². The Hall–Kier alpha value is -3.21. The number of nitrogens with one attached hydrogen (secondary N) is 2. The van der Waals surface area contributed by atoms with E-state index in [1.54, 1.807) is 24.3 Å². The highest BCUT2D eigenvalue weighted by Crippen LogP contribution is 2.15. The normalized spacial score (nSPS) is 10.2. The first-order chi connectivity index (χ1) is 12.3. The summed E-state index contributed by atoms with van der Waals surface area (Å²) in [5.41, 5.74) is -0.745. The van der Waals surface area contributed by atoms with Gasteiger partial charge in [-0.05, 0) is 24.3 Å². The van der Waals surface area contributed by atoms with Crippen LogP contribution < -0.4 is 16.2 Å². The standard InChI is InChI=1S/C15H13BrN4O6/c16-8-1-3-9(4-2-8)20-12(23)5-10(21)14(19-20)15(26)18-6-11(22)17-7-13(24)25/h1-5,21H,6-7H2,(H,17,22)(H,18,26)(H,24,25). The number of carbonyl (C=O) groups is 3. The highest BCUT2D eigenvalue weighted by molar-refractivity contribution is 9.10. The molecular weight excluding hydrogens is 412 g/mol. The van der Waals surface area contributed by atoms with Crippen molar-refractivity contribution in [1.82, 2.24) is 20.4 Å². The second kappa shape index (κ2) is 8.25. The minimum absolute atomic E-state index is 0.367. The number of aliphatic carboxylic acids is 1. The molecule has 0 saturated carbocycles. The van der Waals surface area contributed by atoms with Crippen molar-refractivity contribution in [2.24, 2.45) is 0 Å². The Balaban J connectivity index is 2.18. The third-order valence-corrected chi connectivity index (χ3v) is 3.57. The van der Waals surface area contributed by atoms with Gasteiger partial charge in [-0.3, -0.25) is 19.2 Å². The summed E-state index contributed by atoms with van der Waals surface area (Å²) in [5.74, 6) is -3.52. The van der Waals surface area contributed by atoms with Crippen LogP contribution in [0.1, 0.15) is 10.5 Å². The minimum atomic E-state index is -1.23. The number of aromatic hydroxyl groups is 1. The van der Waals surface area contributed by atoms with Gasteiger partial charge in [0.15, 0.2) is 11.4 Å². The molecule has 0 fully saturated rings. The van der Waals surface area contributed by atoms with Gasteiger partial charge in [-0.15, -0.1) is 0 Å². The van der Waals surface area contributed by atoms with Gasteiger partial charge in [0.2, 0.25) is 5.91 Å². The van der Waals surface area contributed by atoms with E-state index in [-0.39, 0.29) is 0 Å². The topological polar surface area (TPSA) is 151 Å². The SMILES string of the molecule is O=C(O)CNC(=O)CNC(=O)c1nn(-c2ccc(Br)cc2)c(=O)cc1O. The zero-order valence-electron chi connectivity index (χ0n) is 13.1. The van der Waals surface area contributed by atoms with Crippen LogP contribution >= 0.6 is 15.9 Å². The monoisotopic (exact) mass is 424 g/mol. The Labute approximate surface area is 154 Å². The molecule has 26 heavy (non-hydrogen) atoms. The fourth-order valence-electron chi connectivity index (χ4n) is 1.86. The van der Waals surface area contributed by atoms with Crippen LogP contribution in [-0.2, 0) is 9.59 Å². The van der Waals surface area contributed by atoms with E-state index in [4.69, 9.17) is 5.11 Å². The molecule has 11 heteroatoms. The Morgan fingerprint density at radius 2 is 1.77 bits per heavy atom. The average Bonchev–Trinajstić information content (AvgIpc) is 2.59. The van der Waals surface area contributed by atoms with E-state index >= 15 is 0 Å². The van der Waals surface area contributed by atoms with Crippen LogP contribution in [0.4, 0.5) is 0 Å². The van der Waals surface area contributed by atoms with Gasteiger partial charge in [-0.2, -0.15) is 9.78 Å². The van der Waals surface area contributed by atoms with Crippen molar-refractivity contribution in [2.75, 3.05) is 13.1 Å². The number of benzene rings is 1. The molecule has 0 saturated heterocycles. The van der Waals surface area contributed by atoms with Crippen molar-refractivity contribution < 1.29 is 24.6 Å². The molecular formula is C15H13BrN4O6. The van der Waals surface area contributed by atoms with E-state index in [0.717, 1.165) is 15.2 Å². The number of carbonyl (C=O) groups excluding carboxylic acids is 2. The molecule has 0 aliphatic carbocycles. The molecule has 1 heterocycles. The Morgan fingerprint density at radius 3 is 2.38 bits per heavy atom. The number of nitrogens with zero attached hydrogens (tertiary/aromatic N) is 2. The molecule has 1 aromatic carbocycles. The molecule has 0 atom stereocenters. The lowest BCUT2D eigenvalue weighted by atomic mass is 10.3. The summed E-state index contributed by atoms with van der Waals surface area (Å²) in [4.78, 5) is 45.9. The maximum absolute atomic E-state index is 12.1. The lowest BCUT2D eigenvalue weighted by Gasteiger charge is -2.09. The first kappa shape index (κ1) is 19.1. The summed E-state index contributed by atoms with van der Waals surface area (Å²) in [6.07, 6.45) is 0. The second-order valence-corrected chi connectivity index (χ2v) is 5.87. The molecule has 2 rings (SSSR count). The fourth-order valence-corrected chi connectivity index (χ4v) is 2.12. The molecule has 0 spiro atoms. The minimum Gasteiger partial charge on any atom is -0.505 e. The zero-order valence-corrected chi connectivity index (χ0v) is 14.7. The summed E-state index contributed by atoms with van der Waals surface area (Å²) in [5, 5.41) is 26.3. The van der Waals surface area contributed by atoms with Crippen LogP contribution in [-0.4, -0.2) is 50.9 Å². The van der Waals surface area contributed by atoms with E-state index in [2.05, 4.69) is 31.7 Å². The molecule has 0 bridgehead atoms. The van der Waals surface area contributed by atoms with Crippen molar-refractivity contribution in [3.8, 4) is 11.4 Å². The lowest BCUT2D eigenvalue weighted by Crippen LogP contribution is -2.39. The lowest BCUT2D eigenvalue weighted by molar-refractivity contribution is -0.137. The van der Waals surface area contributed by atoms with Crippen LogP contribution in [0.5, 0.6) is 5.75 Å². The number of amides is 2. The Morgan fingerprint density at radius 1 is 1.12 bits per heavy atom. The van der Waals surface area contributed by atoms with E-state index in [0.29, 0.717) is 5.69 Å². The van der Waals surface area contributed by atoms with Gasteiger partial charge in [0.1, 0.15) is 6.54 Å². The number of carboxylic acids is 1. The molecule has 1 aromatic heterocycles. The molecule has 0 unspecified atom stereocenters. The zero-order chi connectivity index (χ0) is 19.3. The van der Waals surface area contributed by atoms with E-state index in [1.165, 1.54) is 0 Å². The van der Waals surface area contributed by atoms with Crippen LogP contribution in [0, 0.1) is 0 Å². The maximum atomic E-state index is 12.1. The highest BCUT2D eigenvalue weighted by atomic mass is 79.9. The molecule has 0 aliphatic rings. The molecule has 0 radical (unpaired) electrons. The molecule has 136 valence electrons. The maximum Gasteiger partial charge on any atom is 0.322 e. The third-order valence-electron chi connectivity index (χ3n) is 3.04. The fraction of sp³-hybridized carbons (Fsp3) is 0.133. The summed E-state index contributed by atoms with van der Waals surface area (Å²) in [7, 11) is 0. The van der Waals surface area contributed by atoms with Gasteiger partial charge in [0.05, 0.1) is 12.2 Å². The smallest absolute Gasteiger partial charge is 0.322 e. The Bertz CT molecular complexity index is 909. The molecule has 10 nitrogen and oxygen atoms in total. The quantitative estimate of drug-likeness (QED) is 0.493. The van der Waals surface area contributed by atoms with Crippen molar-refractivity contribution in [2.45, 2.75) is 0 Å². The molecule has 4 N–H and O–H groups in total. The number of hydrogen-bond acceptors (Lipinski definition) is 6. The van der Waals surface area contributed by atoms with Crippen molar-refractivity contribution in [3.63, 3.8) is 0 Å². The van der Waals surface area contributed by atoms with Crippen LogP contribution in [0.2, 0.25) is 0 Å². The van der Waals surface area contributed by atoms with Gasteiger partial charge in [-0.1, -0.05) is 15.9 Å². The predicted molar refractivity (Wildman–Crippen MR) is 92.2 cm³/mol. The molecule has 2 aromatic rings. The van der Waals surface area contributed by atoms with Gasteiger partial charge in [0, 0.05) is 10.5 Å². The van der Waals surface area contributed by atoms with Gasteiger partial charge in [0.25, 0.3) is 11.5 Å². The summed E-state index contributed by atoms with van der Waals surface area (Å²) < 4.78 is 1.70. The largest absolute Gasteiger partial charge is 0.505 e. The highest BCUT2D eigenvalue weighted by Gasteiger charge is 2.17. The number of halogens is 1. The van der Waals surface area contributed by atoms with E-state index in [1.807, 2.05) is 0 Å². The molecule has 0 aliphatic heterocycles. The second-order valence-electron chi connectivity index (χ2n) is 4.96. The van der Waals surface area contributed by atoms with E-state index < -0.39 is 47.9 Å². The van der Waals surface area contributed by atoms with Gasteiger partial charge in [-0.25, -0.2) is 0 Å². The van der Waals surface area contributed by atoms with Crippen LogP contribution in [0.15, 0.2) is 39.6 Å². The van der Waals surface area contributed by atoms with Crippen LogP contribution in [0.25, 0.3) is 5.69 Å². The number of carboxylic acid groups (broad SMARTS) is 1.